The number of benzene rings is 1. The largest absolute Gasteiger partial charge is 0.497 e. The molecular weight excluding hydrogens is 254 g/mol. The van der Waals surface area contributed by atoms with E-state index in [4.69, 9.17) is 4.74 Å². The van der Waals surface area contributed by atoms with Crippen LogP contribution in [0.25, 0.3) is 0 Å². The van der Waals surface area contributed by atoms with Gasteiger partial charge < -0.3 is 9.64 Å². The molecule has 0 radical (unpaired) electrons. The summed E-state index contributed by atoms with van der Waals surface area (Å²) in [6.07, 6.45) is 5.60. The van der Waals surface area contributed by atoms with E-state index in [1.54, 1.807) is 7.11 Å². The van der Waals surface area contributed by atoms with Crippen molar-refractivity contribution >= 4 is 11.8 Å². The van der Waals surface area contributed by atoms with Crippen LogP contribution in [-0.4, -0.2) is 36.4 Å². The molecule has 2 atom stereocenters. The molecule has 3 heteroatoms. The summed E-state index contributed by atoms with van der Waals surface area (Å²) in [5.74, 6) is 2.09. The third-order valence-corrected chi connectivity index (χ3v) is 6.06. The molecule has 2 nitrogen and oxygen atoms in total. The fraction of sp³-hybridized carbons (Fsp3) is 0.625. The standard InChI is InChI=1S/C16H23NOS/c1-17-13-5-6-14(17)10-16(9-13)19-11-12-3-7-15(18-2)8-4-12/h3-4,7-8,13-14,16H,5-6,9-11H2,1-2H3. The van der Waals surface area contributed by atoms with Gasteiger partial charge in [0, 0.05) is 23.1 Å². The van der Waals surface area contributed by atoms with Gasteiger partial charge in [0.2, 0.25) is 0 Å². The summed E-state index contributed by atoms with van der Waals surface area (Å²) in [4.78, 5) is 2.62. The smallest absolute Gasteiger partial charge is 0.118 e. The zero-order chi connectivity index (χ0) is 13.2. The molecule has 2 bridgehead atoms. The topological polar surface area (TPSA) is 12.5 Å². The Morgan fingerprint density at radius 1 is 1.16 bits per heavy atom. The summed E-state index contributed by atoms with van der Waals surface area (Å²) < 4.78 is 5.20. The van der Waals surface area contributed by atoms with E-state index in [2.05, 4.69) is 48.0 Å². The number of nitrogens with zero attached hydrogens (tertiary/aromatic N) is 1. The predicted octanol–water partition coefficient (Wildman–Crippen LogP) is 3.55. The van der Waals surface area contributed by atoms with Crippen molar-refractivity contribution < 1.29 is 4.74 Å². The first-order valence-electron chi connectivity index (χ1n) is 7.22. The first kappa shape index (κ1) is 13.3. The fourth-order valence-electron chi connectivity index (χ4n) is 3.43. The number of piperidine rings is 1. The molecule has 2 saturated heterocycles. The van der Waals surface area contributed by atoms with Crippen molar-refractivity contribution in [2.24, 2.45) is 0 Å². The van der Waals surface area contributed by atoms with Gasteiger partial charge in [-0.05, 0) is 50.4 Å². The summed E-state index contributed by atoms with van der Waals surface area (Å²) in [5, 5.41) is 0.857. The van der Waals surface area contributed by atoms with Crippen LogP contribution in [0, 0.1) is 0 Å². The maximum absolute atomic E-state index is 5.20. The lowest BCUT2D eigenvalue weighted by Crippen LogP contribution is -2.40. The minimum Gasteiger partial charge on any atom is -0.497 e. The van der Waals surface area contributed by atoms with Gasteiger partial charge in [0.05, 0.1) is 7.11 Å². The number of hydrogen-bond acceptors (Lipinski definition) is 3. The van der Waals surface area contributed by atoms with Gasteiger partial charge >= 0.3 is 0 Å². The number of thioether (sulfide) groups is 1. The molecular formula is C16H23NOS. The average molecular weight is 277 g/mol. The van der Waals surface area contributed by atoms with E-state index in [0.717, 1.165) is 28.8 Å². The Bertz CT molecular complexity index is 405. The molecule has 2 heterocycles. The average Bonchev–Trinajstić information content (AvgIpc) is 2.68. The van der Waals surface area contributed by atoms with Crippen molar-refractivity contribution in [1.82, 2.24) is 4.90 Å². The zero-order valence-corrected chi connectivity index (χ0v) is 12.7. The predicted molar refractivity (Wildman–Crippen MR) is 81.9 cm³/mol. The molecule has 1 aromatic rings. The monoisotopic (exact) mass is 277 g/mol. The fourth-order valence-corrected chi connectivity index (χ4v) is 4.77. The maximum atomic E-state index is 5.20. The highest BCUT2D eigenvalue weighted by atomic mass is 32.2. The molecule has 104 valence electrons. The first-order chi connectivity index (χ1) is 9.26. The molecule has 0 amide bonds. The van der Waals surface area contributed by atoms with Gasteiger partial charge in [-0.15, -0.1) is 0 Å². The van der Waals surface area contributed by atoms with Crippen LogP contribution in [0.15, 0.2) is 24.3 Å². The highest BCUT2D eigenvalue weighted by molar-refractivity contribution is 7.99. The summed E-state index contributed by atoms with van der Waals surface area (Å²) in [7, 11) is 4.03. The summed E-state index contributed by atoms with van der Waals surface area (Å²) in [6.45, 7) is 0. The third-order valence-electron chi connectivity index (χ3n) is 4.70. The van der Waals surface area contributed by atoms with Crippen molar-refractivity contribution in [3.8, 4) is 5.75 Å². The highest BCUT2D eigenvalue weighted by Crippen LogP contribution is 2.39. The van der Waals surface area contributed by atoms with E-state index >= 15 is 0 Å². The van der Waals surface area contributed by atoms with Crippen molar-refractivity contribution in [1.29, 1.82) is 0 Å². The Morgan fingerprint density at radius 2 is 1.79 bits per heavy atom. The Balaban J connectivity index is 1.52. The molecule has 1 aromatic carbocycles. The summed E-state index contributed by atoms with van der Waals surface area (Å²) in [6, 6.07) is 10.2. The van der Waals surface area contributed by atoms with Crippen LogP contribution in [-0.2, 0) is 5.75 Å². The molecule has 0 aromatic heterocycles. The minimum atomic E-state index is 0.854. The molecule has 2 unspecified atom stereocenters. The zero-order valence-electron chi connectivity index (χ0n) is 11.8. The third kappa shape index (κ3) is 2.92. The van der Waals surface area contributed by atoms with Gasteiger partial charge in [-0.25, -0.2) is 0 Å². The molecule has 0 aliphatic carbocycles. The van der Waals surface area contributed by atoms with Gasteiger partial charge in [-0.1, -0.05) is 12.1 Å². The van der Waals surface area contributed by atoms with Gasteiger partial charge in [-0.2, -0.15) is 11.8 Å². The molecule has 2 aliphatic rings. The van der Waals surface area contributed by atoms with E-state index in [-0.39, 0.29) is 0 Å². The van der Waals surface area contributed by atoms with Crippen LogP contribution in [0.1, 0.15) is 31.2 Å². The lowest BCUT2D eigenvalue weighted by molar-refractivity contribution is 0.183. The number of rotatable bonds is 4. The lowest BCUT2D eigenvalue weighted by Gasteiger charge is -2.36. The summed E-state index contributed by atoms with van der Waals surface area (Å²) in [5.41, 5.74) is 1.41. The second-order valence-electron chi connectivity index (χ2n) is 5.80. The van der Waals surface area contributed by atoms with Crippen LogP contribution in [0.5, 0.6) is 5.75 Å². The second kappa shape index (κ2) is 5.76. The highest BCUT2D eigenvalue weighted by Gasteiger charge is 2.38. The van der Waals surface area contributed by atoms with Crippen molar-refractivity contribution in [3.05, 3.63) is 29.8 Å². The molecule has 0 N–H and O–H groups in total. The molecule has 2 fully saturated rings. The number of methoxy groups -OCH3 is 1. The Labute approximate surface area is 120 Å². The normalized spacial score (nSPS) is 30.5. The molecule has 0 saturated carbocycles. The van der Waals surface area contributed by atoms with Crippen molar-refractivity contribution in [2.45, 2.75) is 48.8 Å². The lowest BCUT2D eigenvalue weighted by atomic mass is 10.0. The SMILES string of the molecule is COc1ccc(CSC2CC3CCC(C2)N3C)cc1. The minimum absolute atomic E-state index is 0.854. The van der Waals surface area contributed by atoms with Gasteiger partial charge in [0.25, 0.3) is 0 Å². The van der Waals surface area contributed by atoms with E-state index in [1.165, 1.54) is 31.2 Å². The Morgan fingerprint density at radius 3 is 2.37 bits per heavy atom. The second-order valence-corrected chi connectivity index (χ2v) is 7.09. The Hall–Kier alpha value is -0.670. The van der Waals surface area contributed by atoms with Gasteiger partial charge in [-0.3, -0.25) is 0 Å². The van der Waals surface area contributed by atoms with Crippen molar-refractivity contribution in [2.75, 3.05) is 14.2 Å². The number of fused-ring (bicyclic) bond motifs is 2. The van der Waals surface area contributed by atoms with Crippen LogP contribution in [0.3, 0.4) is 0 Å². The van der Waals surface area contributed by atoms with E-state index in [1.807, 2.05) is 0 Å². The number of hydrogen-bond donors (Lipinski definition) is 0. The summed E-state index contributed by atoms with van der Waals surface area (Å²) >= 11 is 2.15. The molecule has 2 aliphatic heterocycles. The van der Waals surface area contributed by atoms with Crippen LogP contribution in [0.4, 0.5) is 0 Å². The van der Waals surface area contributed by atoms with E-state index in [9.17, 15) is 0 Å². The number of ether oxygens (including phenoxy) is 1. The van der Waals surface area contributed by atoms with Gasteiger partial charge in [0.1, 0.15) is 5.75 Å². The van der Waals surface area contributed by atoms with Crippen molar-refractivity contribution in [3.63, 3.8) is 0 Å². The molecule has 0 spiro atoms. The van der Waals surface area contributed by atoms with Gasteiger partial charge in [0.15, 0.2) is 0 Å². The Kier molecular flexibility index (Phi) is 4.04. The van der Waals surface area contributed by atoms with Crippen LogP contribution in [0.2, 0.25) is 0 Å². The van der Waals surface area contributed by atoms with Crippen LogP contribution < -0.4 is 4.74 Å². The quantitative estimate of drug-likeness (QED) is 0.835. The van der Waals surface area contributed by atoms with Crippen LogP contribution >= 0.6 is 11.8 Å². The van der Waals surface area contributed by atoms with E-state index in [0.29, 0.717) is 0 Å². The van der Waals surface area contributed by atoms with E-state index < -0.39 is 0 Å². The first-order valence-corrected chi connectivity index (χ1v) is 8.27. The maximum Gasteiger partial charge on any atom is 0.118 e. The molecule has 3 rings (SSSR count). The molecule has 19 heavy (non-hydrogen) atoms.